The van der Waals surface area contributed by atoms with Gasteiger partial charge in [-0.25, -0.2) is 4.98 Å². The fourth-order valence-electron chi connectivity index (χ4n) is 2.07. The van der Waals surface area contributed by atoms with Crippen LogP contribution < -0.4 is 21.2 Å². The lowest BCUT2D eigenvalue weighted by Gasteiger charge is -2.20. The number of aliphatic imine (C=N–C) groups is 1. The molecule has 1 aromatic rings. The molecule has 1 heterocycles. The van der Waals surface area contributed by atoms with Crippen molar-refractivity contribution in [3.05, 3.63) is 6.20 Å². The number of nitrogens with one attached hydrogen (secondary N) is 2. The molecule has 0 fully saturated rings. The number of unbranched alkanes of at least 4 members (excludes halogenated alkanes) is 1. The predicted molar refractivity (Wildman–Crippen MR) is 96.6 cm³/mol. The van der Waals surface area contributed by atoms with Gasteiger partial charge in [0.15, 0.2) is 17.4 Å². The Morgan fingerprint density at radius 2 is 2.29 bits per heavy atom. The molecule has 0 aromatic carbocycles. The van der Waals surface area contributed by atoms with Crippen molar-refractivity contribution in [2.24, 2.45) is 10.1 Å². The SMILES string of the molecule is C=NNC(COc1cnc(N)nc1NC(CCO)CCCC)=NC. The smallest absolute Gasteiger partial charge is 0.222 e. The van der Waals surface area contributed by atoms with Crippen LogP contribution in [0.15, 0.2) is 16.3 Å². The fraction of sp³-hybridized carbons (Fsp3) is 0.600. The standard InChI is InChI=1S/C15H27N7O2/c1-4-5-6-11(7-8-23)20-14-12(9-19-15(16)21-14)24-10-13(17-2)22-18-3/h9,11,23H,3-8,10H2,1-2H3,(H,17,22)(H3,16,19,20,21). The van der Waals surface area contributed by atoms with E-state index >= 15 is 0 Å². The first-order valence-corrected chi connectivity index (χ1v) is 7.94. The molecule has 1 aromatic heterocycles. The van der Waals surface area contributed by atoms with Crippen molar-refractivity contribution in [2.45, 2.75) is 38.6 Å². The number of nitrogens with zero attached hydrogens (tertiary/aromatic N) is 4. The van der Waals surface area contributed by atoms with Gasteiger partial charge in [0.25, 0.3) is 0 Å². The van der Waals surface area contributed by atoms with E-state index in [1.807, 2.05) is 0 Å². The topological polar surface area (TPSA) is 130 Å². The molecular weight excluding hydrogens is 310 g/mol. The van der Waals surface area contributed by atoms with Crippen LogP contribution in [-0.2, 0) is 0 Å². The van der Waals surface area contributed by atoms with Crippen LogP contribution in [0.3, 0.4) is 0 Å². The normalized spacial score (nSPS) is 12.5. The number of amidine groups is 1. The average Bonchev–Trinajstić information content (AvgIpc) is 2.58. The average molecular weight is 337 g/mol. The number of nitrogens with two attached hydrogens (primary N) is 1. The molecule has 1 atom stereocenters. The Labute approximate surface area is 142 Å². The van der Waals surface area contributed by atoms with Crippen LogP contribution in [0, 0.1) is 0 Å². The lowest BCUT2D eigenvalue weighted by atomic mass is 10.1. The highest BCUT2D eigenvalue weighted by Crippen LogP contribution is 2.24. The highest BCUT2D eigenvalue weighted by molar-refractivity contribution is 5.83. The summed E-state index contributed by atoms with van der Waals surface area (Å²) in [5.74, 6) is 1.62. The van der Waals surface area contributed by atoms with Gasteiger partial charge in [0.05, 0.1) is 6.20 Å². The van der Waals surface area contributed by atoms with Crippen LogP contribution in [0.25, 0.3) is 0 Å². The van der Waals surface area contributed by atoms with Crippen molar-refractivity contribution in [1.29, 1.82) is 0 Å². The van der Waals surface area contributed by atoms with Crippen LogP contribution in [-0.4, -0.2) is 53.9 Å². The molecule has 1 unspecified atom stereocenters. The van der Waals surface area contributed by atoms with Gasteiger partial charge in [0.1, 0.15) is 6.61 Å². The zero-order chi connectivity index (χ0) is 17.8. The van der Waals surface area contributed by atoms with E-state index in [9.17, 15) is 5.11 Å². The molecule has 0 bridgehead atoms. The number of aromatic nitrogens is 2. The zero-order valence-electron chi connectivity index (χ0n) is 14.3. The summed E-state index contributed by atoms with van der Waals surface area (Å²) in [6.45, 7) is 5.73. The molecule has 0 aliphatic carbocycles. The molecular formula is C15H27N7O2. The zero-order valence-corrected chi connectivity index (χ0v) is 14.3. The summed E-state index contributed by atoms with van der Waals surface area (Å²) in [6.07, 6.45) is 5.18. The minimum absolute atomic E-state index is 0.0823. The molecule has 9 heteroatoms. The number of anilines is 2. The molecule has 0 spiro atoms. The number of aliphatic hydroxyl groups is 1. The van der Waals surface area contributed by atoms with E-state index in [4.69, 9.17) is 10.5 Å². The lowest BCUT2D eigenvalue weighted by Crippen LogP contribution is -2.26. The number of hydrogen-bond donors (Lipinski definition) is 4. The van der Waals surface area contributed by atoms with E-state index in [1.54, 1.807) is 7.05 Å². The van der Waals surface area contributed by atoms with Gasteiger partial charge in [-0.05, 0) is 12.8 Å². The van der Waals surface area contributed by atoms with E-state index in [0.717, 1.165) is 19.3 Å². The third-order valence-electron chi connectivity index (χ3n) is 3.34. The lowest BCUT2D eigenvalue weighted by molar-refractivity contribution is 0.275. The summed E-state index contributed by atoms with van der Waals surface area (Å²) < 4.78 is 5.69. The maximum atomic E-state index is 9.24. The van der Waals surface area contributed by atoms with E-state index in [1.165, 1.54) is 6.20 Å². The van der Waals surface area contributed by atoms with Crippen molar-refractivity contribution in [3.63, 3.8) is 0 Å². The van der Waals surface area contributed by atoms with Gasteiger partial charge >= 0.3 is 0 Å². The minimum Gasteiger partial charge on any atom is -0.480 e. The Balaban J connectivity index is 2.84. The summed E-state index contributed by atoms with van der Waals surface area (Å²) >= 11 is 0. The second kappa shape index (κ2) is 11.2. The molecule has 0 aliphatic heterocycles. The number of aliphatic hydroxyl groups excluding tert-OH is 1. The molecule has 0 saturated carbocycles. The van der Waals surface area contributed by atoms with Gasteiger partial charge < -0.3 is 20.9 Å². The van der Waals surface area contributed by atoms with Gasteiger partial charge in [-0.3, -0.25) is 10.4 Å². The van der Waals surface area contributed by atoms with Crippen LogP contribution >= 0.6 is 0 Å². The fourth-order valence-corrected chi connectivity index (χ4v) is 2.07. The Hall–Kier alpha value is -2.42. The Bertz CT molecular complexity index is 537. The molecule has 0 aliphatic rings. The molecule has 9 nitrogen and oxygen atoms in total. The van der Waals surface area contributed by atoms with Crippen LogP contribution in [0.5, 0.6) is 5.75 Å². The summed E-state index contributed by atoms with van der Waals surface area (Å²) in [4.78, 5) is 12.2. The Morgan fingerprint density at radius 3 is 2.92 bits per heavy atom. The summed E-state index contributed by atoms with van der Waals surface area (Å²) in [5, 5.41) is 16.1. The maximum absolute atomic E-state index is 9.24. The maximum Gasteiger partial charge on any atom is 0.222 e. The molecule has 0 radical (unpaired) electrons. The van der Waals surface area contributed by atoms with Gasteiger partial charge in [-0.1, -0.05) is 19.8 Å². The summed E-state index contributed by atoms with van der Waals surface area (Å²) in [5.41, 5.74) is 8.32. The van der Waals surface area contributed by atoms with Crippen LogP contribution in [0.4, 0.5) is 11.8 Å². The Kier molecular flexibility index (Phi) is 9.13. The molecule has 24 heavy (non-hydrogen) atoms. The highest BCUT2D eigenvalue weighted by Gasteiger charge is 2.14. The van der Waals surface area contributed by atoms with Crippen molar-refractivity contribution < 1.29 is 9.84 Å². The number of nitrogen functional groups attached to an aromatic ring is 1. The van der Waals surface area contributed by atoms with Crippen molar-refractivity contribution >= 4 is 24.3 Å². The van der Waals surface area contributed by atoms with Crippen LogP contribution in [0.1, 0.15) is 32.6 Å². The quantitative estimate of drug-likeness (QED) is 0.269. The predicted octanol–water partition coefficient (Wildman–Crippen LogP) is 1.02. The second-order valence-corrected chi connectivity index (χ2v) is 5.17. The van der Waals surface area contributed by atoms with E-state index in [-0.39, 0.29) is 25.2 Å². The van der Waals surface area contributed by atoms with Crippen LogP contribution in [0.2, 0.25) is 0 Å². The van der Waals surface area contributed by atoms with Gasteiger partial charge in [-0.15, -0.1) is 0 Å². The highest BCUT2D eigenvalue weighted by atomic mass is 16.5. The van der Waals surface area contributed by atoms with Gasteiger partial charge in [0, 0.05) is 26.4 Å². The number of rotatable bonds is 11. The molecule has 0 amide bonds. The third-order valence-corrected chi connectivity index (χ3v) is 3.34. The monoisotopic (exact) mass is 337 g/mol. The van der Waals surface area contributed by atoms with Gasteiger partial charge in [0.2, 0.25) is 5.95 Å². The Morgan fingerprint density at radius 1 is 1.50 bits per heavy atom. The van der Waals surface area contributed by atoms with Crippen molar-refractivity contribution in [3.8, 4) is 5.75 Å². The largest absolute Gasteiger partial charge is 0.480 e. The molecule has 5 N–H and O–H groups in total. The summed E-state index contributed by atoms with van der Waals surface area (Å²) in [7, 11) is 1.62. The minimum atomic E-state index is 0.0823. The number of ether oxygens (including phenoxy) is 1. The molecule has 134 valence electrons. The van der Waals surface area contributed by atoms with Crippen molar-refractivity contribution in [1.82, 2.24) is 15.4 Å². The first-order chi connectivity index (χ1) is 11.6. The number of hydrogen-bond acceptors (Lipinski definition) is 8. The molecule has 0 saturated heterocycles. The third kappa shape index (κ3) is 6.78. The van der Waals surface area contributed by atoms with Gasteiger partial charge in [-0.2, -0.15) is 10.1 Å². The second-order valence-electron chi connectivity index (χ2n) is 5.17. The van der Waals surface area contributed by atoms with Crippen molar-refractivity contribution in [2.75, 3.05) is 31.3 Å². The van der Waals surface area contributed by atoms with E-state index < -0.39 is 0 Å². The first-order valence-electron chi connectivity index (χ1n) is 7.94. The van der Waals surface area contributed by atoms with E-state index in [2.05, 4.69) is 44.4 Å². The van der Waals surface area contributed by atoms with E-state index in [0.29, 0.717) is 23.8 Å². The number of hydrazone groups is 1. The molecule has 1 rings (SSSR count). The first kappa shape index (κ1) is 19.6. The summed E-state index contributed by atoms with van der Waals surface area (Å²) in [6, 6.07) is 0.0823.